The van der Waals surface area contributed by atoms with Gasteiger partial charge in [0.2, 0.25) is 0 Å². The van der Waals surface area contributed by atoms with Crippen molar-refractivity contribution in [3.05, 3.63) is 36.2 Å². The van der Waals surface area contributed by atoms with Crippen LogP contribution in [-0.2, 0) is 6.42 Å². The summed E-state index contributed by atoms with van der Waals surface area (Å²) in [6.45, 7) is 3.29. The van der Waals surface area contributed by atoms with E-state index in [1.165, 1.54) is 0 Å². The fourth-order valence-corrected chi connectivity index (χ4v) is 1.70. The van der Waals surface area contributed by atoms with E-state index in [1.54, 1.807) is 4.68 Å². The summed E-state index contributed by atoms with van der Waals surface area (Å²) in [6, 6.07) is 7.80. The third-order valence-electron chi connectivity index (χ3n) is 2.57. The van der Waals surface area contributed by atoms with Gasteiger partial charge in [-0.1, -0.05) is 11.3 Å². The second-order valence-electron chi connectivity index (χ2n) is 3.98. The molecular weight excluding hydrogens is 228 g/mol. The van der Waals surface area contributed by atoms with Gasteiger partial charge in [0, 0.05) is 6.07 Å². The smallest absolute Gasteiger partial charge is 0.121 e. The molecule has 0 saturated carbocycles. The van der Waals surface area contributed by atoms with E-state index < -0.39 is 0 Å². The number of hydrogen-bond donors (Lipinski definition) is 1. The molecule has 1 aromatic heterocycles. The summed E-state index contributed by atoms with van der Waals surface area (Å²) < 4.78 is 7.22. The number of hydrogen-bond acceptors (Lipinski definition) is 4. The maximum absolute atomic E-state index is 5.48. The van der Waals surface area contributed by atoms with Gasteiger partial charge in [-0.15, -0.1) is 5.10 Å². The van der Waals surface area contributed by atoms with E-state index in [2.05, 4.69) is 10.3 Å². The van der Waals surface area contributed by atoms with Crippen LogP contribution in [0.3, 0.4) is 0 Å². The van der Waals surface area contributed by atoms with Crippen molar-refractivity contribution < 1.29 is 4.74 Å². The van der Waals surface area contributed by atoms with E-state index in [0.717, 1.165) is 30.0 Å². The molecule has 0 aliphatic carbocycles. The molecule has 1 heterocycles. The molecule has 0 saturated heterocycles. The van der Waals surface area contributed by atoms with Crippen LogP contribution in [0.1, 0.15) is 19.0 Å². The molecule has 0 radical (unpaired) electrons. The van der Waals surface area contributed by atoms with Crippen molar-refractivity contribution in [3.8, 4) is 11.4 Å². The number of nitrogens with zero attached hydrogens (tertiary/aromatic N) is 3. The molecule has 0 spiro atoms. The largest absolute Gasteiger partial charge is 0.494 e. The summed E-state index contributed by atoms with van der Waals surface area (Å²) in [5.74, 6) is 0.842. The van der Waals surface area contributed by atoms with Gasteiger partial charge in [-0.2, -0.15) is 0 Å². The van der Waals surface area contributed by atoms with Crippen molar-refractivity contribution in [3.63, 3.8) is 0 Å². The Morgan fingerprint density at radius 2 is 2.28 bits per heavy atom. The number of ether oxygens (including phenoxy) is 1. The third-order valence-corrected chi connectivity index (χ3v) is 2.57. The number of aryl methyl sites for hydroxylation is 1. The molecule has 0 fully saturated rings. The molecule has 5 heteroatoms. The van der Waals surface area contributed by atoms with Crippen molar-refractivity contribution in [2.24, 2.45) is 5.73 Å². The maximum atomic E-state index is 5.48. The van der Waals surface area contributed by atoms with Crippen LogP contribution < -0.4 is 10.5 Å². The Balaban J connectivity index is 2.15. The van der Waals surface area contributed by atoms with Gasteiger partial charge in [0.25, 0.3) is 0 Å². The lowest BCUT2D eigenvalue weighted by Gasteiger charge is -2.05. The average molecular weight is 246 g/mol. The van der Waals surface area contributed by atoms with Gasteiger partial charge < -0.3 is 10.5 Å². The minimum atomic E-state index is 0.655. The molecule has 96 valence electrons. The van der Waals surface area contributed by atoms with Crippen LogP contribution in [0.25, 0.3) is 5.69 Å². The summed E-state index contributed by atoms with van der Waals surface area (Å²) >= 11 is 0. The molecule has 0 unspecified atom stereocenters. The lowest BCUT2D eigenvalue weighted by Crippen LogP contribution is -2.00. The highest BCUT2D eigenvalue weighted by Crippen LogP contribution is 2.16. The summed E-state index contributed by atoms with van der Waals surface area (Å²) in [4.78, 5) is 0. The van der Waals surface area contributed by atoms with Crippen LogP contribution in [0, 0.1) is 0 Å². The fourth-order valence-electron chi connectivity index (χ4n) is 1.70. The van der Waals surface area contributed by atoms with Crippen molar-refractivity contribution in [2.45, 2.75) is 19.8 Å². The zero-order valence-corrected chi connectivity index (χ0v) is 10.5. The van der Waals surface area contributed by atoms with Crippen molar-refractivity contribution in [1.82, 2.24) is 15.0 Å². The molecule has 0 aliphatic rings. The summed E-state index contributed by atoms with van der Waals surface area (Å²) in [6.07, 6.45) is 3.72. The topological polar surface area (TPSA) is 66.0 Å². The molecule has 5 nitrogen and oxygen atoms in total. The zero-order valence-electron chi connectivity index (χ0n) is 10.5. The molecule has 0 atom stereocenters. The number of aromatic nitrogens is 3. The molecule has 2 rings (SSSR count). The SMILES string of the molecule is CCOc1cccc(-n2cc(CCCN)nn2)c1. The van der Waals surface area contributed by atoms with E-state index in [0.29, 0.717) is 13.2 Å². The Bertz CT molecular complexity index is 495. The van der Waals surface area contributed by atoms with Crippen molar-refractivity contribution in [2.75, 3.05) is 13.2 Å². The molecule has 1 aromatic carbocycles. The predicted octanol–water partition coefficient (Wildman–Crippen LogP) is 1.56. The fraction of sp³-hybridized carbons (Fsp3) is 0.385. The van der Waals surface area contributed by atoms with Crippen LogP contribution >= 0.6 is 0 Å². The summed E-state index contributed by atoms with van der Waals surface area (Å²) in [7, 11) is 0. The zero-order chi connectivity index (χ0) is 12.8. The average Bonchev–Trinajstić information content (AvgIpc) is 2.86. The summed E-state index contributed by atoms with van der Waals surface area (Å²) in [5.41, 5.74) is 7.39. The van der Waals surface area contributed by atoms with Crippen LogP contribution in [0.4, 0.5) is 0 Å². The molecular formula is C13H18N4O. The third kappa shape index (κ3) is 3.07. The maximum Gasteiger partial charge on any atom is 0.121 e. The Kier molecular flexibility index (Phi) is 4.30. The Hall–Kier alpha value is -1.88. The Morgan fingerprint density at radius 1 is 1.39 bits per heavy atom. The number of rotatable bonds is 6. The quantitative estimate of drug-likeness (QED) is 0.840. The van der Waals surface area contributed by atoms with Gasteiger partial charge in [0.05, 0.1) is 24.2 Å². The van der Waals surface area contributed by atoms with E-state index in [1.807, 2.05) is 37.4 Å². The lowest BCUT2D eigenvalue weighted by molar-refractivity contribution is 0.340. The van der Waals surface area contributed by atoms with Gasteiger partial charge in [-0.3, -0.25) is 0 Å². The Labute approximate surface area is 107 Å². The Morgan fingerprint density at radius 3 is 3.06 bits per heavy atom. The minimum absolute atomic E-state index is 0.655. The highest BCUT2D eigenvalue weighted by atomic mass is 16.5. The molecule has 18 heavy (non-hydrogen) atoms. The van der Waals surface area contributed by atoms with Gasteiger partial charge in [-0.05, 0) is 38.4 Å². The highest BCUT2D eigenvalue weighted by Gasteiger charge is 2.03. The van der Waals surface area contributed by atoms with Crippen LogP contribution in [0.2, 0.25) is 0 Å². The lowest BCUT2D eigenvalue weighted by atomic mass is 10.2. The second-order valence-corrected chi connectivity index (χ2v) is 3.98. The number of benzene rings is 1. The van der Waals surface area contributed by atoms with E-state index in [9.17, 15) is 0 Å². The molecule has 0 aliphatic heterocycles. The van der Waals surface area contributed by atoms with Crippen molar-refractivity contribution >= 4 is 0 Å². The first-order valence-electron chi connectivity index (χ1n) is 6.18. The molecule has 2 N–H and O–H groups in total. The summed E-state index contributed by atoms with van der Waals surface area (Å²) in [5, 5.41) is 8.23. The molecule has 2 aromatic rings. The highest BCUT2D eigenvalue weighted by molar-refractivity contribution is 5.38. The van der Waals surface area contributed by atoms with Crippen LogP contribution in [0.5, 0.6) is 5.75 Å². The number of nitrogens with two attached hydrogens (primary N) is 1. The molecule has 0 amide bonds. The first-order valence-corrected chi connectivity index (χ1v) is 6.18. The van der Waals surface area contributed by atoms with E-state index in [-0.39, 0.29) is 0 Å². The predicted molar refractivity (Wildman–Crippen MR) is 69.9 cm³/mol. The second kappa shape index (κ2) is 6.16. The van der Waals surface area contributed by atoms with E-state index in [4.69, 9.17) is 10.5 Å². The van der Waals surface area contributed by atoms with Crippen LogP contribution in [0.15, 0.2) is 30.5 Å². The van der Waals surface area contributed by atoms with Gasteiger partial charge in [-0.25, -0.2) is 4.68 Å². The van der Waals surface area contributed by atoms with Gasteiger partial charge in [0.1, 0.15) is 5.75 Å². The minimum Gasteiger partial charge on any atom is -0.494 e. The van der Waals surface area contributed by atoms with Gasteiger partial charge in [0.15, 0.2) is 0 Å². The van der Waals surface area contributed by atoms with Crippen molar-refractivity contribution in [1.29, 1.82) is 0 Å². The normalized spacial score (nSPS) is 10.6. The van der Waals surface area contributed by atoms with Gasteiger partial charge >= 0.3 is 0 Å². The first-order chi connectivity index (χ1) is 8.83. The van der Waals surface area contributed by atoms with E-state index >= 15 is 0 Å². The standard InChI is InChI=1S/C13H18N4O/c1-2-18-13-7-3-6-12(9-13)17-10-11(15-16-17)5-4-8-14/h3,6-7,9-10H,2,4-5,8,14H2,1H3. The monoisotopic (exact) mass is 246 g/mol. The first kappa shape index (κ1) is 12.6. The van der Waals surface area contributed by atoms with Crippen LogP contribution in [-0.4, -0.2) is 28.1 Å². The molecule has 0 bridgehead atoms.